The van der Waals surface area contributed by atoms with Gasteiger partial charge in [0.2, 0.25) is 0 Å². The second kappa shape index (κ2) is 5.38. The van der Waals surface area contributed by atoms with Gasteiger partial charge in [0.1, 0.15) is 0 Å². The fraction of sp³-hybridized carbons (Fsp3) is 0. The summed E-state index contributed by atoms with van der Waals surface area (Å²) >= 11 is 11.8. The molecule has 0 bridgehead atoms. The second-order valence-electron chi connectivity index (χ2n) is 3.95. The van der Waals surface area contributed by atoms with Gasteiger partial charge < -0.3 is 16.8 Å². The molecule has 0 saturated heterocycles. The minimum absolute atomic E-state index is 0.302. The van der Waals surface area contributed by atoms with Crippen molar-refractivity contribution in [2.45, 2.75) is 0 Å². The number of hydrogen-bond acceptors (Lipinski definition) is 3. The van der Waals surface area contributed by atoms with E-state index in [0.717, 1.165) is 0 Å². The van der Waals surface area contributed by atoms with Crippen molar-refractivity contribution in [3.63, 3.8) is 0 Å². The standard InChI is InChI=1S/C13H11Cl2N3O/c14-7-3-8(15)5-10(4-7)18-12-2-1-9(16)6-11(12)13(17)19/h1-6,18H,16H2,(H2,17,19). The van der Waals surface area contributed by atoms with E-state index in [9.17, 15) is 4.79 Å². The summed E-state index contributed by atoms with van der Waals surface area (Å²) in [5, 5.41) is 4.02. The zero-order chi connectivity index (χ0) is 14.0. The Hall–Kier alpha value is -1.91. The molecule has 0 aromatic heterocycles. The number of rotatable bonds is 3. The van der Waals surface area contributed by atoms with Crippen LogP contribution in [0.25, 0.3) is 0 Å². The van der Waals surface area contributed by atoms with Gasteiger partial charge in [-0.3, -0.25) is 4.79 Å². The molecule has 5 N–H and O–H groups in total. The van der Waals surface area contributed by atoms with Crippen molar-refractivity contribution in [3.05, 3.63) is 52.0 Å². The van der Waals surface area contributed by atoms with E-state index in [1.165, 1.54) is 6.07 Å². The van der Waals surface area contributed by atoms with Crippen LogP contribution in [-0.2, 0) is 0 Å². The van der Waals surface area contributed by atoms with Gasteiger partial charge in [0.15, 0.2) is 0 Å². The molecule has 0 heterocycles. The average molecular weight is 296 g/mol. The molecule has 2 aromatic rings. The third kappa shape index (κ3) is 3.30. The van der Waals surface area contributed by atoms with Crippen LogP contribution >= 0.6 is 23.2 Å². The van der Waals surface area contributed by atoms with Crippen molar-refractivity contribution in [3.8, 4) is 0 Å². The van der Waals surface area contributed by atoms with Gasteiger partial charge >= 0.3 is 0 Å². The molecule has 0 spiro atoms. The second-order valence-corrected chi connectivity index (χ2v) is 4.83. The van der Waals surface area contributed by atoms with E-state index < -0.39 is 5.91 Å². The monoisotopic (exact) mass is 295 g/mol. The Morgan fingerprint density at radius 1 is 1.05 bits per heavy atom. The van der Waals surface area contributed by atoms with E-state index in [4.69, 9.17) is 34.7 Å². The number of nitrogen functional groups attached to an aromatic ring is 1. The highest BCUT2D eigenvalue weighted by Crippen LogP contribution is 2.27. The van der Waals surface area contributed by atoms with Crippen molar-refractivity contribution in [2.24, 2.45) is 5.73 Å². The van der Waals surface area contributed by atoms with Gasteiger partial charge in [0, 0.05) is 21.4 Å². The van der Waals surface area contributed by atoms with E-state index in [1.54, 1.807) is 30.3 Å². The quantitative estimate of drug-likeness (QED) is 0.759. The number of nitrogens with two attached hydrogens (primary N) is 2. The lowest BCUT2D eigenvalue weighted by Crippen LogP contribution is -2.13. The first-order valence-corrected chi connectivity index (χ1v) is 6.14. The molecule has 2 aromatic carbocycles. The summed E-state index contributed by atoms with van der Waals surface area (Å²) in [4.78, 5) is 11.4. The summed E-state index contributed by atoms with van der Waals surface area (Å²) in [6, 6.07) is 9.84. The Balaban J connectivity index is 2.40. The molecule has 0 aliphatic heterocycles. The molecule has 4 nitrogen and oxygen atoms in total. The minimum Gasteiger partial charge on any atom is -0.399 e. The van der Waals surface area contributed by atoms with Crippen LogP contribution in [0.5, 0.6) is 0 Å². The van der Waals surface area contributed by atoms with Crippen molar-refractivity contribution in [1.29, 1.82) is 0 Å². The average Bonchev–Trinajstić information content (AvgIpc) is 2.30. The number of carbonyl (C=O) groups excluding carboxylic acids is 1. The Kier molecular flexibility index (Phi) is 3.83. The van der Waals surface area contributed by atoms with E-state index in [-0.39, 0.29) is 0 Å². The van der Waals surface area contributed by atoms with E-state index >= 15 is 0 Å². The molecule has 0 unspecified atom stereocenters. The van der Waals surface area contributed by atoms with E-state index in [0.29, 0.717) is 32.7 Å². The predicted molar refractivity (Wildman–Crippen MR) is 79.1 cm³/mol. The number of amides is 1. The number of halogens is 2. The van der Waals surface area contributed by atoms with Crippen molar-refractivity contribution in [2.75, 3.05) is 11.1 Å². The predicted octanol–water partition coefficient (Wildman–Crippen LogP) is 3.42. The molecule has 0 saturated carbocycles. The SMILES string of the molecule is NC(=O)c1cc(N)ccc1Nc1cc(Cl)cc(Cl)c1. The number of hydrogen-bond donors (Lipinski definition) is 3. The maximum atomic E-state index is 11.4. The Labute approximate surface area is 120 Å². The molecule has 0 fully saturated rings. The zero-order valence-corrected chi connectivity index (χ0v) is 11.3. The van der Waals surface area contributed by atoms with E-state index in [1.807, 2.05) is 0 Å². The van der Waals surface area contributed by atoms with Crippen LogP contribution in [0.15, 0.2) is 36.4 Å². The smallest absolute Gasteiger partial charge is 0.250 e. The molecule has 19 heavy (non-hydrogen) atoms. The number of carbonyl (C=O) groups is 1. The first kappa shape index (κ1) is 13.5. The molecule has 0 aliphatic rings. The van der Waals surface area contributed by atoms with Gasteiger partial charge in [-0.15, -0.1) is 0 Å². The minimum atomic E-state index is -0.567. The summed E-state index contributed by atoms with van der Waals surface area (Å²) in [6.45, 7) is 0. The highest BCUT2D eigenvalue weighted by molar-refractivity contribution is 6.35. The number of primary amides is 1. The fourth-order valence-corrected chi connectivity index (χ4v) is 2.18. The normalized spacial score (nSPS) is 10.2. The molecular weight excluding hydrogens is 285 g/mol. The molecule has 98 valence electrons. The zero-order valence-electron chi connectivity index (χ0n) is 9.78. The van der Waals surface area contributed by atoms with Gasteiger partial charge in [-0.1, -0.05) is 23.2 Å². The van der Waals surface area contributed by atoms with Gasteiger partial charge in [-0.05, 0) is 36.4 Å². The van der Waals surface area contributed by atoms with Gasteiger partial charge in [0.25, 0.3) is 5.91 Å². The summed E-state index contributed by atoms with van der Waals surface area (Å²) in [5.74, 6) is -0.567. The van der Waals surface area contributed by atoms with Gasteiger partial charge in [-0.2, -0.15) is 0 Å². The third-order valence-corrected chi connectivity index (χ3v) is 2.89. The lowest BCUT2D eigenvalue weighted by molar-refractivity contribution is 0.100. The maximum Gasteiger partial charge on any atom is 0.250 e. The van der Waals surface area contributed by atoms with Crippen molar-refractivity contribution < 1.29 is 4.79 Å². The van der Waals surface area contributed by atoms with Crippen molar-refractivity contribution >= 4 is 46.2 Å². The molecule has 0 aliphatic carbocycles. The first-order valence-electron chi connectivity index (χ1n) is 5.38. The van der Waals surface area contributed by atoms with E-state index in [2.05, 4.69) is 5.32 Å². The van der Waals surface area contributed by atoms with Crippen LogP contribution in [-0.4, -0.2) is 5.91 Å². The molecule has 2 rings (SSSR count). The summed E-state index contributed by atoms with van der Waals surface area (Å²) in [5.41, 5.74) is 12.9. The molecule has 6 heteroatoms. The van der Waals surface area contributed by atoms with Gasteiger partial charge in [-0.25, -0.2) is 0 Å². The van der Waals surface area contributed by atoms with Crippen LogP contribution in [0.4, 0.5) is 17.1 Å². The summed E-state index contributed by atoms with van der Waals surface area (Å²) in [7, 11) is 0. The van der Waals surface area contributed by atoms with Crippen LogP contribution in [0.1, 0.15) is 10.4 Å². The number of anilines is 3. The number of benzene rings is 2. The van der Waals surface area contributed by atoms with Crippen LogP contribution in [0, 0.1) is 0 Å². The van der Waals surface area contributed by atoms with Crippen LogP contribution in [0.3, 0.4) is 0 Å². The third-order valence-electron chi connectivity index (χ3n) is 2.45. The maximum absolute atomic E-state index is 11.4. The van der Waals surface area contributed by atoms with Gasteiger partial charge in [0.05, 0.1) is 11.3 Å². The largest absolute Gasteiger partial charge is 0.399 e. The Morgan fingerprint density at radius 2 is 1.68 bits per heavy atom. The van der Waals surface area contributed by atoms with Crippen molar-refractivity contribution in [1.82, 2.24) is 0 Å². The summed E-state index contributed by atoms with van der Waals surface area (Å²) < 4.78 is 0. The molecular formula is C13H11Cl2N3O. The molecule has 0 atom stereocenters. The number of nitrogens with one attached hydrogen (secondary N) is 1. The lowest BCUT2D eigenvalue weighted by atomic mass is 10.1. The molecule has 1 amide bonds. The van der Waals surface area contributed by atoms with Crippen LogP contribution in [0.2, 0.25) is 10.0 Å². The highest BCUT2D eigenvalue weighted by atomic mass is 35.5. The fourth-order valence-electron chi connectivity index (χ4n) is 1.66. The lowest BCUT2D eigenvalue weighted by Gasteiger charge is -2.11. The highest BCUT2D eigenvalue weighted by Gasteiger charge is 2.09. The Bertz CT molecular complexity index is 624. The summed E-state index contributed by atoms with van der Waals surface area (Å²) in [6.07, 6.45) is 0. The first-order chi connectivity index (χ1) is 8.95. The van der Waals surface area contributed by atoms with Crippen LogP contribution < -0.4 is 16.8 Å². The molecule has 0 radical (unpaired) electrons. The topological polar surface area (TPSA) is 81.1 Å². The Morgan fingerprint density at radius 3 is 2.26 bits per heavy atom.